The molecule has 0 aromatic carbocycles. The average Bonchev–Trinajstić information content (AvgIpc) is 2.53. The maximum Gasteiger partial charge on any atom is 0.222 e. The predicted octanol–water partition coefficient (Wildman–Crippen LogP) is 2.42. The van der Waals surface area contributed by atoms with E-state index in [4.69, 9.17) is 0 Å². The number of carbonyl (C=O) groups excluding carboxylic acids is 3. The van der Waals surface area contributed by atoms with Gasteiger partial charge in [0.05, 0.1) is 12.5 Å². The number of Topliss-reactive ketones (excluding diaryl/α,β-unsaturated/α-hetero) is 2. The maximum atomic E-state index is 12.4. The summed E-state index contributed by atoms with van der Waals surface area (Å²) in [5.41, 5.74) is 1.13. The number of hydrogen-bond acceptors (Lipinski definition) is 4. The zero-order chi connectivity index (χ0) is 18.3. The molecule has 0 aromatic heterocycles. The molecule has 0 fully saturated rings. The molecular formula is C19H31NO4. The molecule has 24 heavy (non-hydrogen) atoms. The first-order valence-electron chi connectivity index (χ1n) is 8.89. The SMILES string of the molecule is C/C1=C/CCNC(=O)C[C@H](O)C(C)C(=O)C(C)CC(C)C(=O)CC1. The Kier molecular flexibility index (Phi) is 8.32. The second-order valence-electron chi connectivity index (χ2n) is 7.16. The Hall–Kier alpha value is -1.49. The van der Waals surface area contributed by atoms with Crippen LogP contribution in [0.1, 0.15) is 59.8 Å². The van der Waals surface area contributed by atoms with Gasteiger partial charge in [-0.1, -0.05) is 32.4 Å². The van der Waals surface area contributed by atoms with Crippen LogP contribution in [-0.4, -0.2) is 35.2 Å². The second kappa shape index (κ2) is 9.72. The number of aliphatic hydroxyl groups is 1. The molecule has 0 bridgehead atoms. The van der Waals surface area contributed by atoms with Crippen molar-refractivity contribution in [2.45, 2.75) is 65.9 Å². The minimum atomic E-state index is -0.990. The van der Waals surface area contributed by atoms with Gasteiger partial charge in [0.25, 0.3) is 0 Å². The van der Waals surface area contributed by atoms with E-state index in [0.29, 0.717) is 32.2 Å². The molecule has 1 amide bonds. The summed E-state index contributed by atoms with van der Waals surface area (Å²) in [6.45, 7) is 7.79. The first-order chi connectivity index (χ1) is 11.2. The number of aliphatic hydroxyl groups excluding tert-OH is 1. The van der Waals surface area contributed by atoms with Crippen LogP contribution < -0.4 is 5.32 Å². The first kappa shape index (κ1) is 20.6. The van der Waals surface area contributed by atoms with Crippen molar-refractivity contribution in [3.05, 3.63) is 11.6 Å². The molecule has 1 rings (SSSR count). The first-order valence-corrected chi connectivity index (χ1v) is 8.89. The summed E-state index contributed by atoms with van der Waals surface area (Å²) in [6, 6.07) is 0. The van der Waals surface area contributed by atoms with Gasteiger partial charge in [-0.15, -0.1) is 0 Å². The lowest BCUT2D eigenvalue weighted by molar-refractivity contribution is -0.132. The molecule has 0 saturated heterocycles. The lowest BCUT2D eigenvalue weighted by Gasteiger charge is -2.23. The van der Waals surface area contributed by atoms with E-state index in [1.807, 2.05) is 19.9 Å². The Morgan fingerprint density at radius 3 is 2.42 bits per heavy atom. The second-order valence-corrected chi connectivity index (χ2v) is 7.16. The van der Waals surface area contributed by atoms with Gasteiger partial charge in [0.15, 0.2) is 0 Å². The highest BCUT2D eigenvalue weighted by Gasteiger charge is 2.29. The van der Waals surface area contributed by atoms with E-state index >= 15 is 0 Å². The highest BCUT2D eigenvalue weighted by atomic mass is 16.3. The largest absolute Gasteiger partial charge is 0.392 e. The van der Waals surface area contributed by atoms with Crippen molar-refractivity contribution in [2.75, 3.05) is 6.54 Å². The van der Waals surface area contributed by atoms with E-state index < -0.39 is 12.0 Å². The molecule has 3 unspecified atom stereocenters. The summed E-state index contributed by atoms with van der Waals surface area (Å²) >= 11 is 0. The van der Waals surface area contributed by atoms with Crippen LogP contribution in [0.15, 0.2) is 11.6 Å². The number of rotatable bonds is 0. The van der Waals surface area contributed by atoms with Crippen molar-refractivity contribution >= 4 is 17.5 Å². The summed E-state index contributed by atoms with van der Waals surface area (Å²) in [4.78, 5) is 36.5. The van der Waals surface area contributed by atoms with Gasteiger partial charge in [-0.05, 0) is 26.2 Å². The van der Waals surface area contributed by atoms with Crippen LogP contribution in [0.25, 0.3) is 0 Å². The monoisotopic (exact) mass is 337 g/mol. The molecule has 0 aliphatic carbocycles. The van der Waals surface area contributed by atoms with E-state index in [-0.39, 0.29) is 35.7 Å². The third-order valence-electron chi connectivity index (χ3n) is 4.89. The Balaban J connectivity index is 2.85. The van der Waals surface area contributed by atoms with Crippen LogP contribution in [0.2, 0.25) is 0 Å². The Labute approximate surface area is 144 Å². The van der Waals surface area contributed by atoms with Crippen LogP contribution in [0.5, 0.6) is 0 Å². The fraction of sp³-hybridized carbons (Fsp3) is 0.737. The number of hydrogen-bond donors (Lipinski definition) is 2. The quantitative estimate of drug-likeness (QED) is 0.665. The van der Waals surface area contributed by atoms with E-state index in [2.05, 4.69) is 5.32 Å². The van der Waals surface area contributed by atoms with Gasteiger partial charge in [0.1, 0.15) is 11.6 Å². The molecule has 1 aliphatic rings. The van der Waals surface area contributed by atoms with Gasteiger partial charge < -0.3 is 10.4 Å². The number of amides is 1. The maximum absolute atomic E-state index is 12.4. The van der Waals surface area contributed by atoms with Crippen LogP contribution in [0, 0.1) is 17.8 Å². The molecule has 1 heterocycles. The standard InChI is InChI=1S/C19H31NO4/c1-12-6-5-9-20-18(23)11-17(22)15(4)19(24)14(3)10-13(2)16(21)8-7-12/h6,13-15,17,22H,5,7-11H2,1-4H3,(H,20,23)/b12-6-/t13?,14?,15?,17-/m0/s1. The summed E-state index contributed by atoms with van der Waals surface area (Å²) in [5, 5.41) is 12.9. The smallest absolute Gasteiger partial charge is 0.222 e. The summed E-state index contributed by atoms with van der Waals surface area (Å²) < 4.78 is 0. The Morgan fingerprint density at radius 2 is 1.75 bits per heavy atom. The number of nitrogens with one attached hydrogen (secondary N) is 1. The average molecular weight is 337 g/mol. The van der Waals surface area contributed by atoms with Crippen molar-refractivity contribution in [2.24, 2.45) is 17.8 Å². The van der Waals surface area contributed by atoms with Crippen LogP contribution in [-0.2, 0) is 14.4 Å². The fourth-order valence-electron chi connectivity index (χ4n) is 3.05. The number of allylic oxidation sites excluding steroid dienone is 1. The van der Waals surface area contributed by atoms with E-state index in [1.54, 1.807) is 13.8 Å². The summed E-state index contributed by atoms with van der Waals surface area (Å²) in [6.07, 6.45) is 3.36. The molecule has 0 aromatic rings. The van der Waals surface area contributed by atoms with Crippen LogP contribution >= 0.6 is 0 Å². The lowest BCUT2D eigenvalue weighted by Crippen LogP contribution is -2.36. The molecule has 5 heteroatoms. The lowest BCUT2D eigenvalue weighted by atomic mass is 9.83. The molecule has 136 valence electrons. The van der Waals surface area contributed by atoms with E-state index in [9.17, 15) is 19.5 Å². The van der Waals surface area contributed by atoms with E-state index in [1.165, 1.54) is 0 Å². The molecule has 0 spiro atoms. The van der Waals surface area contributed by atoms with Gasteiger partial charge in [-0.2, -0.15) is 0 Å². The predicted molar refractivity (Wildman–Crippen MR) is 93.4 cm³/mol. The van der Waals surface area contributed by atoms with Gasteiger partial charge in [-0.25, -0.2) is 0 Å². The zero-order valence-corrected chi connectivity index (χ0v) is 15.3. The minimum absolute atomic E-state index is 0.0726. The van der Waals surface area contributed by atoms with Crippen molar-refractivity contribution < 1.29 is 19.5 Å². The molecule has 0 saturated carbocycles. The van der Waals surface area contributed by atoms with Crippen LogP contribution in [0.3, 0.4) is 0 Å². The topological polar surface area (TPSA) is 83.5 Å². The van der Waals surface area contributed by atoms with Crippen molar-refractivity contribution in [1.29, 1.82) is 0 Å². The van der Waals surface area contributed by atoms with Crippen molar-refractivity contribution in [1.82, 2.24) is 5.32 Å². The third-order valence-corrected chi connectivity index (χ3v) is 4.89. The molecule has 5 nitrogen and oxygen atoms in total. The van der Waals surface area contributed by atoms with Gasteiger partial charge in [0, 0.05) is 30.7 Å². The van der Waals surface area contributed by atoms with Crippen molar-refractivity contribution in [3.8, 4) is 0 Å². The number of ketones is 2. The third kappa shape index (κ3) is 6.56. The highest BCUT2D eigenvalue weighted by Crippen LogP contribution is 2.22. The van der Waals surface area contributed by atoms with Gasteiger partial charge in [-0.3, -0.25) is 14.4 Å². The van der Waals surface area contributed by atoms with E-state index in [0.717, 1.165) is 5.57 Å². The Morgan fingerprint density at radius 1 is 1.08 bits per heavy atom. The van der Waals surface area contributed by atoms with Crippen molar-refractivity contribution in [3.63, 3.8) is 0 Å². The number of carbonyl (C=O) groups is 3. The fourth-order valence-corrected chi connectivity index (χ4v) is 3.05. The molecule has 0 radical (unpaired) electrons. The normalized spacial score (nSPS) is 34.4. The minimum Gasteiger partial charge on any atom is -0.392 e. The summed E-state index contributed by atoms with van der Waals surface area (Å²) in [5.74, 6) is -1.23. The zero-order valence-electron chi connectivity index (χ0n) is 15.3. The molecular weight excluding hydrogens is 306 g/mol. The Bertz CT molecular complexity index is 498. The van der Waals surface area contributed by atoms with Gasteiger partial charge in [0.2, 0.25) is 5.91 Å². The summed E-state index contributed by atoms with van der Waals surface area (Å²) in [7, 11) is 0. The molecule has 4 atom stereocenters. The highest BCUT2D eigenvalue weighted by molar-refractivity contribution is 5.86. The molecule has 2 N–H and O–H groups in total. The van der Waals surface area contributed by atoms with Crippen LogP contribution in [0.4, 0.5) is 0 Å². The molecule has 1 aliphatic heterocycles. The van der Waals surface area contributed by atoms with Gasteiger partial charge >= 0.3 is 0 Å².